The van der Waals surface area contributed by atoms with Crippen molar-refractivity contribution in [3.8, 4) is 11.6 Å². The Balaban J connectivity index is 1.87. The molecule has 1 amide bonds. The van der Waals surface area contributed by atoms with Crippen LogP contribution in [0, 0.1) is 0 Å². The lowest BCUT2D eigenvalue weighted by Gasteiger charge is -2.19. The van der Waals surface area contributed by atoms with Gasteiger partial charge in [0.05, 0.1) is 17.5 Å². The summed E-state index contributed by atoms with van der Waals surface area (Å²) in [5.41, 5.74) is 0.817. The fraction of sp³-hybridized carbons (Fsp3) is 0.150. The molecule has 2 aromatic heterocycles. The Labute approximate surface area is 156 Å². The summed E-state index contributed by atoms with van der Waals surface area (Å²) in [4.78, 5) is 23.4. The molecule has 0 aliphatic heterocycles. The van der Waals surface area contributed by atoms with Crippen LogP contribution in [-0.2, 0) is 4.79 Å². The first-order valence-electron chi connectivity index (χ1n) is 8.16. The summed E-state index contributed by atoms with van der Waals surface area (Å²) in [6, 6.07) is 11.4. The van der Waals surface area contributed by atoms with E-state index in [1.807, 2.05) is 30.3 Å². The Morgan fingerprint density at radius 3 is 2.58 bits per heavy atom. The number of hydrogen-bond acceptors (Lipinski definition) is 5. The minimum absolute atomic E-state index is 0.0111. The van der Waals surface area contributed by atoms with Crippen molar-refractivity contribution in [3.05, 3.63) is 68.0 Å². The van der Waals surface area contributed by atoms with Gasteiger partial charge in [-0.2, -0.15) is 0 Å². The Hall–Kier alpha value is -2.86. The van der Waals surface area contributed by atoms with Crippen LogP contribution in [0.5, 0.6) is 0 Å². The number of furan rings is 1. The molecule has 132 valence electrons. The molecule has 0 N–H and O–H groups in total. The average Bonchev–Trinajstić information content (AvgIpc) is 3.20. The number of fused-ring (bicyclic) bond motifs is 1. The lowest BCUT2D eigenvalue weighted by molar-refractivity contribution is -0.127. The molecule has 1 aromatic carbocycles. The summed E-state index contributed by atoms with van der Waals surface area (Å²) in [6.07, 6.45) is 5.01. The lowest BCUT2D eigenvalue weighted by atomic mass is 10.2. The van der Waals surface area contributed by atoms with Gasteiger partial charge in [-0.25, -0.2) is 9.97 Å². The highest BCUT2D eigenvalue weighted by atomic mass is 32.2. The van der Waals surface area contributed by atoms with Gasteiger partial charge in [0.2, 0.25) is 5.91 Å². The van der Waals surface area contributed by atoms with Gasteiger partial charge in [-0.05, 0) is 18.2 Å². The molecule has 3 aromatic rings. The van der Waals surface area contributed by atoms with E-state index in [-0.39, 0.29) is 11.7 Å². The third-order valence-electron chi connectivity index (χ3n) is 3.69. The average molecular weight is 365 g/mol. The third-order valence-corrected chi connectivity index (χ3v) is 4.67. The van der Waals surface area contributed by atoms with Gasteiger partial charge in [-0.15, -0.1) is 13.2 Å². The molecule has 0 saturated carbocycles. The highest BCUT2D eigenvalue weighted by molar-refractivity contribution is 8.00. The highest BCUT2D eigenvalue weighted by Gasteiger charge is 2.15. The van der Waals surface area contributed by atoms with Gasteiger partial charge < -0.3 is 9.32 Å². The van der Waals surface area contributed by atoms with Crippen molar-refractivity contribution in [2.45, 2.75) is 5.03 Å². The number of hydrogen-bond donors (Lipinski definition) is 0. The van der Waals surface area contributed by atoms with E-state index in [2.05, 4.69) is 23.1 Å². The number of carbonyl (C=O) groups excluding carboxylic acids is 1. The van der Waals surface area contributed by atoms with Gasteiger partial charge in [0.1, 0.15) is 5.03 Å². The van der Waals surface area contributed by atoms with E-state index in [1.165, 1.54) is 11.8 Å². The van der Waals surface area contributed by atoms with Crippen LogP contribution in [0.4, 0.5) is 0 Å². The van der Waals surface area contributed by atoms with Crippen LogP contribution >= 0.6 is 11.8 Å². The van der Waals surface area contributed by atoms with Gasteiger partial charge in [0.25, 0.3) is 0 Å². The summed E-state index contributed by atoms with van der Waals surface area (Å²) >= 11 is 1.40. The fourth-order valence-corrected chi connectivity index (χ4v) is 3.41. The number of carbonyl (C=O) groups is 1. The fourth-order valence-electron chi connectivity index (χ4n) is 2.48. The van der Waals surface area contributed by atoms with E-state index in [9.17, 15) is 4.79 Å². The number of rotatable bonds is 8. The smallest absolute Gasteiger partial charge is 0.233 e. The number of nitrogens with zero attached hydrogens (tertiary/aromatic N) is 3. The molecule has 0 aliphatic carbocycles. The maximum atomic E-state index is 12.5. The van der Waals surface area contributed by atoms with Crippen LogP contribution < -0.4 is 0 Å². The monoisotopic (exact) mass is 365 g/mol. The standard InChI is InChI=1S/C20H19N3O2S/c1-3-11-23(12-4-2)18(24)14-26-20-15-8-5-6-9-16(15)21-19(22-20)17-10-7-13-25-17/h3-10,13H,1-2,11-12,14H2. The van der Waals surface area contributed by atoms with Crippen molar-refractivity contribution in [1.82, 2.24) is 14.9 Å². The molecule has 26 heavy (non-hydrogen) atoms. The van der Waals surface area contributed by atoms with Crippen molar-refractivity contribution >= 4 is 28.6 Å². The summed E-state index contributed by atoms with van der Waals surface area (Å²) in [7, 11) is 0. The predicted octanol–water partition coefficient (Wildman–Crippen LogP) is 4.18. The van der Waals surface area contributed by atoms with Crippen molar-refractivity contribution in [2.75, 3.05) is 18.8 Å². The quantitative estimate of drug-likeness (QED) is 0.340. The third kappa shape index (κ3) is 4.03. The highest BCUT2D eigenvalue weighted by Crippen LogP contribution is 2.28. The number of aromatic nitrogens is 2. The SMILES string of the molecule is C=CCN(CC=C)C(=O)CSc1nc(-c2ccco2)nc2ccccc12. The van der Waals surface area contributed by atoms with Gasteiger partial charge in [-0.1, -0.05) is 42.1 Å². The van der Waals surface area contributed by atoms with Gasteiger partial charge in [0.15, 0.2) is 11.6 Å². The second-order valence-corrected chi connectivity index (χ2v) is 6.48. The van der Waals surface area contributed by atoms with Crippen LogP contribution in [0.2, 0.25) is 0 Å². The molecule has 0 bridgehead atoms. The van der Waals surface area contributed by atoms with E-state index in [1.54, 1.807) is 29.4 Å². The molecule has 0 unspecified atom stereocenters. The number of amides is 1. The number of thioether (sulfide) groups is 1. The zero-order chi connectivity index (χ0) is 18.4. The maximum absolute atomic E-state index is 12.5. The van der Waals surface area contributed by atoms with Crippen LogP contribution in [-0.4, -0.2) is 39.6 Å². The molecule has 0 atom stereocenters. The van der Waals surface area contributed by atoms with E-state index >= 15 is 0 Å². The van der Waals surface area contributed by atoms with Crippen LogP contribution in [0.1, 0.15) is 0 Å². The van der Waals surface area contributed by atoms with E-state index < -0.39 is 0 Å². The minimum atomic E-state index is 0.0111. The zero-order valence-corrected chi connectivity index (χ0v) is 15.1. The first kappa shape index (κ1) is 17.9. The Morgan fingerprint density at radius 2 is 1.88 bits per heavy atom. The molecule has 0 radical (unpaired) electrons. The van der Waals surface area contributed by atoms with Gasteiger partial charge in [0, 0.05) is 18.5 Å². The molecule has 0 saturated heterocycles. The first-order chi connectivity index (χ1) is 12.7. The summed E-state index contributed by atoms with van der Waals surface area (Å²) in [5.74, 6) is 1.40. The second-order valence-electron chi connectivity index (χ2n) is 5.51. The van der Waals surface area contributed by atoms with Crippen LogP contribution in [0.3, 0.4) is 0 Å². The van der Waals surface area contributed by atoms with Gasteiger partial charge >= 0.3 is 0 Å². The molecule has 5 nitrogen and oxygen atoms in total. The lowest BCUT2D eigenvalue weighted by Crippen LogP contribution is -2.32. The number of para-hydroxylation sites is 1. The minimum Gasteiger partial charge on any atom is -0.461 e. The molecule has 2 heterocycles. The van der Waals surface area contributed by atoms with Crippen molar-refractivity contribution in [3.63, 3.8) is 0 Å². The van der Waals surface area contributed by atoms with Crippen molar-refractivity contribution in [2.24, 2.45) is 0 Å². The first-order valence-corrected chi connectivity index (χ1v) is 9.14. The van der Waals surface area contributed by atoms with E-state index in [0.29, 0.717) is 24.7 Å². The topological polar surface area (TPSA) is 59.2 Å². The maximum Gasteiger partial charge on any atom is 0.233 e. The molecular weight excluding hydrogens is 346 g/mol. The van der Waals surface area contributed by atoms with Crippen LogP contribution in [0.25, 0.3) is 22.5 Å². The van der Waals surface area contributed by atoms with Gasteiger partial charge in [-0.3, -0.25) is 4.79 Å². The molecular formula is C20H19N3O2S. The molecule has 0 fully saturated rings. The predicted molar refractivity (Wildman–Crippen MR) is 105 cm³/mol. The Bertz CT molecular complexity index is 912. The zero-order valence-electron chi connectivity index (χ0n) is 14.3. The van der Waals surface area contributed by atoms with Crippen molar-refractivity contribution < 1.29 is 9.21 Å². The summed E-state index contributed by atoms with van der Waals surface area (Å²) < 4.78 is 5.42. The molecule has 3 rings (SSSR count). The largest absolute Gasteiger partial charge is 0.461 e. The van der Waals surface area contributed by atoms with E-state index in [0.717, 1.165) is 15.9 Å². The second kappa shape index (κ2) is 8.49. The molecule has 0 spiro atoms. The Kier molecular flexibility index (Phi) is 5.86. The molecule has 0 aliphatic rings. The number of benzene rings is 1. The molecule has 6 heteroatoms. The van der Waals surface area contributed by atoms with Crippen molar-refractivity contribution in [1.29, 1.82) is 0 Å². The van der Waals surface area contributed by atoms with E-state index in [4.69, 9.17) is 4.42 Å². The summed E-state index contributed by atoms with van der Waals surface area (Å²) in [6.45, 7) is 8.38. The Morgan fingerprint density at radius 1 is 1.12 bits per heavy atom. The normalized spacial score (nSPS) is 10.6. The summed E-state index contributed by atoms with van der Waals surface area (Å²) in [5, 5.41) is 1.67. The van der Waals surface area contributed by atoms with Crippen LogP contribution in [0.15, 0.2) is 77.4 Å².